The van der Waals surface area contributed by atoms with Crippen LogP contribution in [0, 0.1) is 0 Å². The van der Waals surface area contributed by atoms with E-state index < -0.39 is 0 Å². The quantitative estimate of drug-likeness (QED) is 0.493. The highest BCUT2D eigenvalue weighted by atomic mass is 16.3. The molecular weight excluding hydrogens is 106 g/mol. The van der Waals surface area contributed by atoms with E-state index in [1.807, 2.05) is 0 Å². The van der Waals surface area contributed by atoms with Crippen LogP contribution in [-0.2, 0) is 4.79 Å². The van der Waals surface area contributed by atoms with Crippen LogP contribution in [0.15, 0.2) is 11.5 Å². The Kier molecular flexibility index (Phi) is 0.970. The molecule has 2 N–H and O–H groups in total. The molecule has 0 saturated carbocycles. The van der Waals surface area contributed by atoms with Crippen LogP contribution in [0.2, 0.25) is 0 Å². The number of carbonyl (C=O) groups is 1. The Bertz CT molecular complexity index is 160. The average molecular weight is 112 g/mol. The van der Waals surface area contributed by atoms with Crippen LogP contribution in [0.3, 0.4) is 0 Å². The highest BCUT2D eigenvalue weighted by Gasteiger charge is 2.19. The maximum absolute atomic E-state index is 10.4. The van der Waals surface area contributed by atoms with Gasteiger partial charge >= 0.3 is 0 Å². The van der Waals surface area contributed by atoms with Gasteiger partial charge in [0.1, 0.15) is 11.5 Å². The fourth-order valence-electron chi connectivity index (χ4n) is 0.643. The third-order valence-corrected chi connectivity index (χ3v) is 1.16. The molecule has 0 unspecified atom stereocenters. The first-order valence-electron chi connectivity index (χ1n) is 2.38. The smallest absolute Gasteiger partial charge is 0.184 e. The van der Waals surface area contributed by atoms with Crippen LogP contribution in [0.5, 0.6) is 0 Å². The summed E-state index contributed by atoms with van der Waals surface area (Å²) in [5.74, 6) is -0.308. The lowest BCUT2D eigenvalue weighted by Gasteiger charge is -1.84. The first kappa shape index (κ1) is 5.15. The molecular formula is C5H6NO2. The van der Waals surface area contributed by atoms with Crippen molar-refractivity contribution in [2.75, 3.05) is 0 Å². The number of hydrogen-bond donors (Lipinski definition) is 1. The summed E-state index contributed by atoms with van der Waals surface area (Å²) in [5.41, 5.74) is 6.62. The number of carbonyl (C=O) groups excluding carboxylic acids is 1. The molecule has 0 aromatic rings. The van der Waals surface area contributed by atoms with Gasteiger partial charge in [-0.25, -0.2) is 0 Å². The van der Waals surface area contributed by atoms with Crippen LogP contribution < -0.4 is 5.73 Å². The molecule has 0 bridgehead atoms. The summed E-state index contributed by atoms with van der Waals surface area (Å²) in [4.78, 5) is 10.4. The number of Topliss-reactive ketones (excluding diaryl/α,β-unsaturated/α-hetero) is 1. The number of allylic oxidation sites excluding steroid dienone is 2. The van der Waals surface area contributed by atoms with E-state index in [0.717, 1.165) is 0 Å². The highest BCUT2D eigenvalue weighted by Crippen LogP contribution is 2.16. The van der Waals surface area contributed by atoms with Crippen molar-refractivity contribution < 1.29 is 9.90 Å². The molecule has 0 aromatic carbocycles. The van der Waals surface area contributed by atoms with Gasteiger partial charge in [-0.15, -0.1) is 0 Å². The second-order valence-electron chi connectivity index (χ2n) is 1.74. The van der Waals surface area contributed by atoms with E-state index in [2.05, 4.69) is 0 Å². The highest BCUT2D eigenvalue weighted by molar-refractivity contribution is 5.96. The van der Waals surface area contributed by atoms with Gasteiger partial charge in [0.05, 0.1) is 0 Å². The Balaban J connectivity index is 2.86. The molecule has 8 heavy (non-hydrogen) atoms. The molecule has 0 saturated heterocycles. The largest absolute Gasteiger partial charge is 0.510 e. The van der Waals surface area contributed by atoms with Crippen molar-refractivity contribution in [1.82, 2.24) is 5.73 Å². The molecule has 0 spiro atoms. The van der Waals surface area contributed by atoms with Gasteiger partial charge in [0.2, 0.25) is 0 Å². The van der Waals surface area contributed by atoms with Gasteiger partial charge in [-0.05, 0) is 0 Å². The molecule has 43 valence electrons. The number of ketones is 1. The molecule has 0 heterocycles. The Morgan fingerprint density at radius 2 is 2.12 bits per heavy atom. The molecule has 0 aliphatic heterocycles. The maximum Gasteiger partial charge on any atom is 0.184 e. The van der Waals surface area contributed by atoms with Crippen molar-refractivity contribution in [1.29, 1.82) is 0 Å². The van der Waals surface area contributed by atoms with Gasteiger partial charge in [-0.3, -0.25) is 10.5 Å². The van der Waals surface area contributed by atoms with E-state index in [1.165, 1.54) is 0 Å². The van der Waals surface area contributed by atoms with Crippen molar-refractivity contribution in [3.05, 3.63) is 11.5 Å². The van der Waals surface area contributed by atoms with Crippen molar-refractivity contribution in [3.63, 3.8) is 0 Å². The van der Waals surface area contributed by atoms with E-state index in [-0.39, 0.29) is 17.2 Å². The number of aliphatic hydroxyl groups excluding tert-OH is 1. The van der Waals surface area contributed by atoms with Crippen molar-refractivity contribution in [2.45, 2.75) is 12.8 Å². The van der Waals surface area contributed by atoms with Gasteiger partial charge in [0, 0.05) is 12.8 Å². The van der Waals surface area contributed by atoms with Gasteiger partial charge in [0.15, 0.2) is 5.78 Å². The van der Waals surface area contributed by atoms with Gasteiger partial charge in [-0.1, -0.05) is 0 Å². The number of aliphatic hydroxyl groups is 1. The molecule has 1 radical (unpaired) electrons. The summed E-state index contributed by atoms with van der Waals surface area (Å²) in [5, 5.41) is 8.64. The molecule has 0 amide bonds. The average Bonchev–Trinajstić information content (AvgIpc) is 1.98. The molecule has 1 aliphatic carbocycles. The Morgan fingerprint density at radius 1 is 1.50 bits per heavy atom. The third-order valence-electron chi connectivity index (χ3n) is 1.16. The normalized spacial score (nSPS) is 20.2. The summed E-state index contributed by atoms with van der Waals surface area (Å²) < 4.78 is 0. The zero-order valence-corrected chi connectivity index (χ0v) is 4.27. The van der Waals surface area contributed by atoms with Crippen LogP contribution in [-0.4, -0.2) is 10.9 Å². The van der Waals surface area contributed by atoms with Gasteiger partial charge in [-0.2, -0.15) is 0 Å². The van der Waals surface area contributed by atoms with Crippen LogP contribution in [0.25, 0.3) is 0 Å². The summed E-state index contributed by atoms with van der Waals surface area (Å²) in [7, 11) is 0. The molecule has 0 atom stereocenters. The minimum atomic E-state index is -0.248. The second-order valence-corrected chi connectivity index (χ2v) is 1.74. The number of rotatable bonds is 0. The molecule has 1 aliphatic rings. The fraction of sp³-hybridized carbons (Fsp3) is 0.400. The standard InChI is InChI=1S/C5H6NO2/c6-5-3(7)1-2-4(5)8/h6-7H,1-2H2. The van der Waals surface area contributed by atoms with Crippen molar-refractivity contribution in [3.8, 4) is 0 Å². The monoisotopic (exact) mass is 112 g/mol. The second kappa shape index (κ2) is 1.51. The lowest BCUT2D eigenvalue weighted by molar-refractivity contribution is -0.115. The Labute approximate surface area is 46.8 Å². The predicted octanol–water partition coefficient (Wildman–Crippen LogP) is 0.402. The summed E-state index contributed by atoms with van der Waals surface area (Å²) >= 11 is 0. The summed E-state index contributed by atoms with van der Waals surface area (Å²) in [6.45, 7) is 0. The van der Waals surface area contributed by atoms with Crippen molar-refractivity contribution in [2.24, 2.45) is 0 Å². The Morgan fingerprint density at radius 3 is 2.25 bits per heavy atom. The molecule has 3 heteroatoms. The van der Waals surface area contributed by atoms with Crippen LogP contribution in [0.1, 0.15) is 12.8 Å². The van der Waals surface area contributed by atoms with Gasteiger partial charge in [0.25, 0.3) is 0 Å². The molecule has 0 aromatic heterocycles. The van der Waals surface area contributed by atoms with Gasteiger partial charge < -0.3 is 5.11 Å². The number of hydrogen-bond acceptors (Lipinski definition) is 2. The summed E-state index contributed by atoms with van der Waals surface area (Å²) in [6, 6.07) is 0. The number of nitrogens with one attached hydrogen (secondary N) is 1. The minimum Gasteiger partial charge on any atom is -0.510 e. The minimum absolute atomic E-state index is 0.0602. The fourth-order valence-corrected chi connectivity index (χ4v) is 0.643. The van der Waals surface area contributed by atoms with E-state index >= 15 is 0 Å². The zero-order chi connectivity index (χ0) is 6.15. The first-order valence-corrected chi connectivity index (χ1v) is 2.38. The van der Waals surface area contributed by atoms with E-state index in [9.17, 15) is 4.79 Å². The predicted molar refractivity (Wildman–Crippen MR) is 27.0 cm³/mol. The lowest BCUT2D eigenvalue weighted by Crippen LogP contribution is -1.95. The first-order chi connectivity index (χ1) is 3.72. The molecule has 1 rings (SSSR count). The third kappa shape index (κ3) is 0.559. The Hall–Kier alpha value is -0.990. The maximum atomic E-state index is 10.4. The lowest BCUT2D eigenvalue weighted by atomic mass is 10.3. The van der Waals surface area contributed by atoms with Crippen LogP contribution >= 0.6 is 0 Å². The SMILES string of the molecule is [NH]C1=C(O)CCC1=O. The van der Waals surface area contributed by atoms with E-state index in [4.69, 9.17) is 10.8 Å². The van der Waals surface area contributed by atoms with E-state index in [0.29, 0.717) is 12.8 Å². The summed E-state index contributed by atoms with van der Waals surface area (Å²) in [6.07, 6.45) is 0.669. The molecule has 0 fully saturated rings. The topological polar surface area (TPSA) is 61.1 Å². The molecule has 3 nitrogen and oxygen atoms in total. The zero-order valence-electron chi connectivity index (χ0n) is 4.27. The van der Waals surface area contributed by atoms with Crippen molar-refractivity contribution >= 4 is 5.78 Å². The van der Waals surface area contributed by atoms with Crippen LogP contribution in [0.4, 0.5) is 0 Å². The van der Waals surface area contributed by atoms with E-state index in [1.54, 1.807) is 0 Å².